The van der Waals surface area contributed by atoms with Gasteiger partial charge in [-0.15, -0.1) is 0 Å². The third-order valence-corrected chi connectivity index (χ3v) is 3.43. The van der Waals surface area contributed by atoms with Crippen LogP contribution in [0.15, 0.2) is 42.5 Å². The number of ether oxygens (including phenoxy) is 2. The van der Waals surface area contributed by atoms with Gasteiger partial charge in [-0.2, -0.15) is 0 Å². The summed E-state index contributed by atoms with van der Waals surface area (Å²) in [5.41, 5.74) is 2.15. The van der Waals surface area contributed by atoms with E-state index in [1.54, 1.807) is 26.4 Å². The van der Waals surface area contributed by atoms with Crippen LogP contribution in [-0.2, 0) is 6.54 Å². The van der Waals surface area contributed by atoms with Crippen LogP contribution >= 0.6 is 0 Å². The maximum atomic E-state index is 12.9. The Bertz CT molecular complexity index is 584. The lowest BCUT2D eigenvalue weighted by Crippen LogP contribution is -2.18. The smallest absolute Gasteiger partial charge is 0.161 e. The van der Waals surface area contributed by atoms with Gasteiger partial charge in [-0.05, 0) is 42.3 Å². The number of hydrogen-bond acceptors (Lipinski definition) is 3. The van der Waals surface area contributed by atoms with E-state index in [9.17, 15) is 4.39 Å². The Kier molecular flexibility index (Phi) is 5.17. The normalized spacial score (nSPS) is 12.0. The summed E-state index contributed by atoms with van der Waals surface area (Å²) in [4.78, 5) is 0. The van der Waals surface area contributed by atoms with Crippen LogP contribution in [0.1, 0.15) is 24.1 Å². The lowest BCUT2D eigenvalue weighted by atomic mass is 10.1. The molecule has 0 spiro atoms. The molecule has 112 valence electrons. The zero-order valence-corrected chi connectivity index (χ0v) is 12.5. The third-order valence-electron chi connectivity index (χ3n) is 3.43. The average molecular weight is 289 g/mol. The zero-order valence-electron chi connectivity index (χ0n) is 12.5. The standard InChI is InChI=1S/C17H20FNO2/c1-12(14-5-7-15(18)8-6-14)19-11-13-4-9-16(20-2)17(10-13)21-3/h4-10,12,19H,11H2,1-3H3. The molecule has 0 fully saturated rings. The van der Waals surface area contributed by atoms with E-state index >= 15 is 0 Å². The van der Waals surface area contributed by atoms with E-state index in [0.29, 0.717) is 18.0 Å². The SMILES string of the molecule is COc1ccc(CNC(C)c2ccc(F)cc2)cc1OC. The van der Waals surface area contributed by atoms with Crippen molar-refractivity contribution in [2.45, 2.75) is 19.5 Å². The first-order chi connectivity index (χ1) is 10.1. The van der Waals surface area contributed by atoms with Crippen molar-refractivity contribution < 1.29 is 13.9 Å². The first kappa shape index (κ1) is 15.3. The van der Waals surface area contributed by atoms with Gasteiger partial charge in [0.25, 0.3) is 0 Å². The Morgan fingerprint density at radius 3 is 2.29 bits per heavy atom. The highest BCUT2D eigenvalue weighted by Crippen LogP contribution is 2.27. The van der Waals surface area contributed by atoms with Gasteiger partial charge in [0.1, 0.15) is 5.82 Å². The van der Waals surface area contributed by atoms with E-state index in [0.717, 1.165) is 11.1 Å². The second kappa shape index (κ2) is 7.09. The third kappa shape index (κ3) is 3.95. The fourth-order valence-corrected chi connectivity index (χ4v) is 2.13. The molecule has 0 aromatic heterocycles. The highest BCUT2D eigenvalue weighted by molar-refractivity contribution is 5.42. The number of rotatable bonds is 6. The summed E-state index contributed by atoms with van der Waals surface area (Å²) in [6.45, 7) is 2.74. The largest absolute Gasteiger partial charge is 0.493 e. The summed E-state index contributed by atoms with van der Waals surface area (Å²) >= 11 is 0. The molecule has 0 heterocycles. The molecule has 0 aliphatic rings. The Morgan fingerprint density at radius 1 is 1.00 bits per heavy atom. The van der Waals surface area contributed by atoms with Crippen LogP contribution in [0, 0.1) is 5.82 Å². The van der Waals surface area contributed by atoms with Gasteiger partial charge in [-0.25, -0.2) is 4.39 Å². The van der Waals surface area contributed by atoms with Gasteiger partial charge in [0, 0.05) is 12.6 Å². The van der Waals surface area contributed by atoms with Crippen LogP contribution in [0.2, 0.25) is 0 Å². The molecule has 1 atom stereocenters. The van der Waals surface area contributed by atoms with Gasteiger partial charge < -0.3 is 14.8 Å². The fourth-order valence-electron chi connectivity index (χ4n) is 2.13. The minimum atomic E-state index is -0.217. The lowest BCUT2D eigenvalue weighted by Gasteiger charge is -2.15. The van der Waals surface area contributed by atoms with Crippen molar-refractivity contribution in [1.29, 1.82) is 0 Å². The summed E-state index contributed by atoms with van der Waals surface area (Å²) in [6, 6.07) is 12.5. The van der Waals surface area contributed by atoms with Crippen molar-refractivity contribution in [3.05, 3.63) is 59.4 Å². The van der Waals surface area contributed by atoms with Crippen LogP contribution in [0.5, 0.6) is 11.5 Å². The van der Waals surface area contributed by atoms with Crippen molar-refractivity contribution >= 4 is 0 Å². The van der Waals surface area contributed by atoms with Crippen molar-refractivity contribution in [3.63, 3.8) is 0 Å². The van der Waals surface area contributed by atoms with E-state index in [1.165, 1.54) is 12.1 Å². The molecular weight excluding hydrogens is 269 g/mol. The van der Waals surface area contributed by atoms with Crippen molar-refractivity contribution in [2.75, 3.05) is 14.2 Å². The van der Waals surface area contributed by atoms with Gasteiger partial charge in [0.15, 0.2) is 11.5 Å². The van der Waals surface area contributed by atoms with Gasteiger partial charge >= 0.3 is 0 Å². The van der Waals surface area contributed by atoms with Crippen LogP contribution in [0.4, 0.5) is 4.39 Å². The molecule has 1 N–H and O–H groups in total. The highest BCUT2D eigenvalue weighted by Gasteiger charge is 2.07. The van der Waals surface area contributed by atoms with E-state index in [2.05, 4.69) is 5.32 Å². The predicted molar refractivity (Wildman–Crippen MR) is 81.2 cm³/mol. The fraction of sp³-hybridized carbons (Fsp3) is 0.294. The maximum Gasteiger partial charge on any atom is 0.161 e. The summed E-state index contributed by atoms with van der Waals surface area (Å²) in [5.74, 6) is 1.21. The summed E-state index contributed by atoms with van der Waals surface area (Å²) in [7, 11) is 3.24. The molecule has 0 bridgehead atoms. The predicted octanol–water partition coefficient (Wildman–Crippen LogP) is 3.69. The van der Waals surface area contributed by atoms with Crippen LogP contribution in [0.3, 0.4) is 0 Å². The summed E-state index contributed by atoms with van der Waals surface area (Å²) in [6.07, 6.45) is 0. The lowest BCUT2D eigenvalue weighted by molar-refractivity contribution is 0.354. The molecule has 1 unspecified atom stereocenters. The molecule has 2 aromatic carbocycles. The molecule has 0 saturated heterocycles. The Morgan fingerprint density at radius 2 is 1.67 bits per heavy atom. The molecule has 2 rings (SSSR count). The molecule has 0 radical (unpaired) electrons. The number of nitrogens with one attached hydrogen (secondary N) is 1. The molecule has 4 heteroatoms. The average Bonchev–Trinajstić information content (AvgIpc) is 2.52. The molecule has 21 heavy (non-hydrogen) atoms. The zero-order chi connectivity index (χ0) is 15.2. The van der Waals surface area contributed by atoms with Gasteiger partial charge in [-0.3, -0.25) is 0 Å². The molecular formula is C17H20FNO2. The number of methoxy groups -OCH3 is 2. The van der Waals surface area contributed by atoms with Gasteiger partial charge in [0.05, 0.1) is 14.2 Å². The second-order valence-corrected chi connectivity index (χ2v) is 4.84. The van der Waals surface area contributed by atoms with Crippen LogP contribution in [-0.4, -0.2) is 14.2 Å². The molecule has 0 amide bonds. The van der Waals surface area contributed by atoms with Crippen LogP contribution < -0.4 is 14.8 Å². The monoisotopic (exact) mass is 289 g/mol. The minimum Gasteiger partial charge on any atom is -0.493 e. The highest BCUT2D eigenvalue weighted by atomic mass is 19.1. The molecule has 2 aromatic rings. The quantitative estimate of drug-likeness (QED) is 0.879. The second-order valence-electron chi connectivity index (χ2n) is 4.84. The van der Waals surface area contributed by atoms with Crippen molar-refractivity contribution in [2.24, 2.45) is 0 Å². The summed E-state index contributed by atoms with van der Waals surface area (Å²) < 4.78 is 23.4. The molecule has 0 aliphatic heterocycles. The van der Waals surface area contributed by atoms with E-state index in [1.807, 2.05) is 25.1 Å². The Balaban J connectivity index is 2.00. The maximum absolute atomic E-state index is 12.9. The first-order valence-corrected chi connectivity index (χ1v) is 6.83. The Labute approximate surface area is 124 Å². The number of benzene rings is 2. The number of hydrogen-bond donors (Lipinski definition) is 1. The summed E-state index contributed by atoms with van der Waals surface area (Å²) in [5, 5.41) is 3.40. The molecule has 0 saturated carbocycles. The Hall–Kier alpha value is -2.07. The first-order valence-electron chi connectivity index (χ1n) is 6.83. The van der Waals surface area contributed by atoms with E-state index in [4.69, 9.17) is 9.47 Å². The van der Waals surface area contributed by atoms with E-state index < -0.39 is 0 Å². The minimum absolute atomic E-state index is 0.138. The van der Waals surface area contributed by atoms with Gasteiger partial charge in [-0.1, -0.05) is 18.2 Å². The van der Waals surface area contributed by atoms with E-state index in [-0.39, 0.29) is 11.9 Å². The van der Waals surface area contributed by atoms with Crippen molar-refractivity contribution in [1.82, 2.24) is 5.32 Å². The number of halogens is 1. The molecule has 0 aliphatic carbocycles. The topological polar surface area (TPSA) is 30.5 Å². The van der Waals surface area contributed by atoms with Gasteiger partial charge in [0.2, 0.25) is 0 Å². The van der Waals surface area contributed by atoms with Crippen LogP contribution in [0.25, 0.3) is 0 Å². The van der Waals surface area contributed by atoms with Crippen molar-refractivity contribution in [3.8, 4) is 11.5 Å². The molecule has 3 nitrogen and oxygen atoms in total.